The molecule has 0 aliphatic heterocycles. The monoisotopic (exact) mass is 267 g/mol. The van der Waals surface area contributed by atoms with E-state index in [-0.39, 0.29) is 6.04 Å². The van der Waals surface area contributed by atoms with E-state index in [1.165, 1.54) is 0 Å². The topological polar surface area (TPSA) is 21.3 Å². The molecule has 0 spiro atoms. The number of halogens is 5. The molecule has 0 heterocycles. The van der Waals surface area contributed by atoms with E-state index in [9.17, 15) is 22.0 Å². The summed E-state index contributed by atoms with van der Waals surface area (Å²) in [6, 6.07) is 0.135. The summed E-state index contributed by atoms with van der Waals surface area (Å²) in [5.74, 6) is -11.2. The lowest BCUT2D eigenvalue weighted by Crippen LogP contribution is -2.45. The van der Waals surface area contributed by atoms with Crippen molar-refractivity contribution in [2.45, 2.75) is 25.0 Å². The molecule has 1 fully saturated rings. The van der Waals surface area contributed by atoms with Crippen LogP contribution in [0.2, 0.25) is 0 Å². The predicted molar refractivity (Wildman–Crippen MR) is 52.7 cm³/mol. The summed E-state index contributed by atoms with van der Waals surface area (Å²) in [5.41, 5.74) is 0. The summed E-state index contributed by atoms with van der Waals surface area (Å²) in [4.78, 5) is 0. The average molecular weight is 267 g/mol. The maximum Gasteiger partial charge on any atom is 0.207 e. The van der Waals surface area contributed by atoms with Crippen LogP contribution in [0.25, 0.3) is 0 Å². The Morgan fingerprint density at radius 2 is 1.33 bits per heavy atom. The van der Waals surface area contributed by atoms with E-state index in [0.29, 0.717) is 12.8 Å². The molecule has 0 saturated heterocycles. The second kappa shape index (κ2) is 4.72. The van der Waals surface area contributed by atoms with Crippen molar-refractivity contribution in [1.29, 1.82) is 0 Å². The van der Waals surface area contributed by atoms with Crippen molar-refractivity contribution in [1.82, 2.24) is 5.32 Å². The average Bonchev–Trinajstić information content (AvgIpc) is 2.32. The van der Waals surface area contributed by atoms with Gasteiger partial charge in [-0.1, -0.05) is 0 Å². The molecule has 0 bridgehead atoms. The van der Waals surface area contributed by atoms with E-state index in [2.05, 4.69) is 5.32 Å². The summed E-state index contributed by atoms with van der Waals surface area (Å²) in [6.45, 7) is 0. The second-order valence-electron chi connectivity index (χ2n) is 4.10. The van der Waals surface area contributed by atoms with Gasteiger partial charge in [0.15, 0.2) is 5.75 Å². The Balaban J connectivity index is 2.23. The third-order valence-electron chi connectivity index (χ3n) is 2.96. The zero-order chi connectivity index (χ0) is 13.4. The number of ether oxygens (including phenoxy) is 1. The van der Waals surface area contributed by atoms with Gasteiger partial charge in [0, 0.05) is 6.04 Å². The van der Waals surface area contributed by atoms with Crippen molar-refractivity contribution in [3.63, 3.8) is 0 Å². The van der Waals surface area contributed by atoms with E-state index in [0.717, 1.165) is 0 Å². The molecular weight excluding hydrogens is 257 g/mol. The van der Waals surface area contributed by atoms with Crippen LogP contribution in [-0.4, -0.2) is 19.2 Å². The van der Waals surface area contributed by atoms with Gasteiger partial charge in [0.2, 0.25) is 29.1 Å². The minimum absolute atomic E-state index is 0.135. The third-order valence-corrected chi connectivity index (χ3v) is 2.96. The van der Waals surface area contributed by atoms with Gasteiger partial charge in [-0.25, -0.2) is 13.2 Å². The zero-order valence-corrected chi connectivity index (χ0v) is 9.37. The molecule has 0 amide bonds. The molecule has 1 aliphatic rings. The summed E-state index contributed by atoms with van der Waals surface area (Å²) >= 11 is 0. The van der Waals surface area contributed by atoms with Crippen molar-refractivity contribution >= 4 is 0 Å². The molecule has 100 valence electrons. The first-order chi connectivity index (χ1) is 8.45. The highest BCUT2D eigenvalue weighted by Crippen LogP contribution is 2.33. The summed E-state index contributed by atoms with van der Waals surface area (Å²) in [7, 11) is 1.71. The summed E-state index contributed by atoms with van der Waals surface area (Å²) in [6.07, 6.45) is 0.363. The predicted octanol–water partition coefficient (Wildman–Crippen LogP) is 2.51. The summed E-state index contributed by atoms with van der Waals surface area (Å²) < 4.78 is 69.8. The molecule has 2 rings (SSSR count). The first kappa shape index (κ1) is 13.1. The van der Waals surface area contributed by atoms with Crippen molar-refractivity contribution in [2.24, 2.45) is 0 Å². The van der Waals surface area contributed by atoms with Crippen LogP contribution in [0.15, 0.2) is 0 Å². The Morgan fingerprint density at radius 3 is 1.78 bits per heavy atom. The highest BCUT2D eigenvalue weighted by molar-refractivity contribution is 5.30. The molecule has 0 radical (unpaired) electrons. The van der Waals surface area contributed by atoms with Gasteiger partial charge < -0.3 is 10.1 Å². The molecule has 0 atom stereocenters. The van der Waals surface area contributed by atoms with E-state index in [1.54, 1.807) is 7.05 Å². The van der Waals surface area contributed by atoms with Crippen LogP contribution in [0.5, 0.6) is 5.75 Å². The fourth-order valence-electron chi connectivity index (χ4n) is 1.75. The van der Waals surface area contributed by atoms with Gasteiger partial charge in [-0.15, -0.1) is 0 Å². The van der Waals surface area contributed by atoms with Gasteiger partial charge in [-0.3, -0.25) is 0 Å². The van der Waals surface area contributed by atoms with Gasteiger partial charge >= 0.3 is 0 Å². The van der Waals surface area contributed by atoms with E-state index >= 15 is 0 Å². The molecule has 7 heteroatoms. The molecule has 1 saturated carbocycles. The summed E-state index contributed by atoms with van der Waals surface area (Å²) in [5, 5.41) is 2.90. The lowest BCUT2D eigenvalue weighted by atomic mass is 9.89. The van der Waals surface area contributed by atoms with Crippen molar-refractivity contribution in [2.75, 3.05) is 7.05 Å². The number of rotatable bonds is 3. The SMILES string of the molecule is CNC1CC(Oc2c(F)c(F)c(F)c(F)c2F)C1. The molecule has 1 N–H and O–H groups in total. The fraction of sp³-hybridized carbons (Fsp3) is 0.455. The molecule has 1 aromatic carbocycles. The number of benzene rings is 1. The molecule has 1 aliphatic carbocycles. The molecule has 2 nitrogen and oxygen atoms in total. The Hall–Kier alpha value is -1.37. The van der Waals surface area contributed by atoms with Gasteiger partial charge in [0.05, 0.1) is 0 Å². The van der Waals surface area contributed by atoms with Crippen molar-refractivity contribution in [3.05, 3.63) is 29.1 Å². The maximum absolute atomic E-state index is 13.2. The van der Waals surface area contributed by atoms with Crippen LogP contribution < -0.4 is 10.1 Å². The van der Waals surface area contributed by atoms with E-state index in [4.69, 9.17) is 4.74 Å². The maximum atomic E-state index is 13.2. The highest BCUT2D eigenvalue weighted by Gasteiger charge is 2.34. The smallest absolute Gasteiger partial charge is 0.207 e. The van der Waals surface area contributed by atoms with Gasteiger partial charge in [-0.2, -0.15) is 8.78 Å². The van der Waals surface area contributed by atoms with Crippen LogP contribution in [-0.2, 0) is 0 Å². The first-order valence-electron chi connectivity index (χ1n) is 5.31. The molecular formula is C11H10F5NO. The van der Waals surface area contributed by atoms with Crippen LogP contribution in [0.4, 0.5) is 22.0 Å². The fourth-order valence-corrected chi connectivity index (χ4v) is 1.75. The molecule has 0 unspecified atom stereocenters. The van der Waals surface area contributed by atoms with E-state index < -0.39 is 40.9 Å². The van der Waals surface area contributed by atoms with Gasteiger partial charge in [-0.05, 0) is 19.9 Å². The minimum Gasteiger partial charge on any atom is -0.484 e. The lowest BCUT2D eigenvalue weighted by molar-refractivity contribution is 0.0773. The molecule has 18 heavy (non-hydrogen) atoms. The lowest BCUT2D eigenvalue weighted by Gasteiger charge is -2.35. The third kappa shape index (κ3) is 2.03. The highest BCUT2D eigenvalue weighted by atomic mass is 19.2. The van der Waals surface area contributed by atoms with Crippen LogP contribution in [0, 0.1) is 29.1 Å². The number of nitrogens with one attached hydrogen (secondary N) is 1. The van der Waals surface area contributed by atoms with Gasteiger partial charge in [0.25, 0.3) is 0 Å². The zero-order valence-electron chi connectivity index (χ0n) is 9.37. The Bertz CT molecular complexity index is 444. The standard InChI is InChI=1S/C11H10F5NO/c1-17-4-2-5(3-4)18-11-9(15)7(13)6(12)8(14)10(11)16/h4-5,17H,2-3H2,1H3. The quantitative estimate of drug-likeness (QED) is 0.516. The van der Waals surface area contributed by atoms with Crippen molar-refractivity contribution in [3.8, 4) is 5.75 Å². The molecule has 1 aromatic rings. The van der Waals surface area contributed by atoms with Crippen LogP contribution >= 0.6 is 0 Å². The van der Waals surface area contributed by atoms with Crippen LogP contribution in [0.1, 0.15) is 12.8 Å². The largest absolute Gasteiger partial charge is 0.484 e. The Kier molecular flexibility index (Phi) is 3.43. The first-order valence-corrected chi connectivity index (χ1v) is 5.31. The number of hydrogen-bond donors (Lipinski definition) is 1. The number of hydrogen-bond acceptors (Lipinski definition) is 2. The van der Waals surface area contributed by atoms with Crippen molar-refractivity contribution < 1.29 is 26.7 Å². The minimum atomic E-state index is -2.18. The molecule has 0 aromatic heterocycles. The normalized spacial score (nSPS) is 22.8. The Labute approximate surface area is 99.7 Å². The Morgan fingerprint density at radius 1 is 0.889 bits per heavy atom. The second-order valence-corrected chi connectivity index (χ2v) is 4.10. The van der Waals surface area contributed by atoms with Crippen LogP contribution in [0.3, 0.4) is 0 Å². The van der Waals surface area contributed by atoms with Gasteiger partial charge in [0.1, 0.15) is 6.10 Å². The van der Waals surface area contributed by atoms with E-state index in [1.807, 2.05) is 0 Å².